The SMILES string of the molecule is C=N/C(NC1(C)CC1)=C(\C)C(C(=O)Nc1ccc(C(C)CCOC)nc1)=C(C)C. The van der Waals surface area contributed by atoms with E-state index >= 15 is 0 Å². The van der Waals surface area contributed by atoms with Crippen molar-refractivity contribution in [1.82, 2.24) is 10.3 Å². The van der Waals surface area contributed by atoms with Crippen LogP contribution in [0.25, 0.3) is 0 Å². The highest BCUT2D eigenvalue weighted by Gasteiger charge is 2.38. The fourth-order valence-corrected chi connectivity index (χ4v) is 3.15. The second-order valence-electron chi connectivity index (χ2n) is 8.30. The summed E-state index contributed by atoms with van der Waals surface area (Å²) < 4.78 is 5.13. The number of pyridine rings is 1. The number of anilines is 1. The Kier molecular flexibility index (Phi) is 7.73. The smallest absolute Gasteiger partial charge is 0.256 e. The van der Waals surface area contributed by atoms with E-state index < -0.39 is 0 Å². The van der Waals surface area contributed by atoms with Crippen LogP contribution in [-0.2, 0) is 9.53 Å². The molecule has 0 aromatic carbocycles. The number of rotatable bonds is 10. The van der Waals surface area contributed by atoms with E-state index in [0.717, 1.165) is 36.1 Å². The number of allylic oxidation sites excluding steroid dienone is 1. The third kappa shape index (κ3) is 6.26. The molecule has 158 valence electrons. The molecule has 2 rings (SSSR count). The van der Waals surface area contributed by atoms with E-state index in [1.54, 1.807) is 13.3 Å². The maximum Gasteiger partial charge on any atom is 0.256 e. The third-order valence-corrected chi connectivity index (χ3v) is 5.34. The van der Waals surface area contributed by atoms with Crippen molar-refractivity contribution in [3.8, 4) is 0 Å². The maximum atomic E-state index is 13.0. The molecule has 1 aromatic heterocycles. The molecule has 1 fully saturated rings. The van der Waals surface area contributed by atoms with E-state index in [2.05, 4.69) is 41.2 Å². The standard InChI is InChI=1S/C23H34N4O2/c1-15(2)20(17(4)21(24-6)27-23(5)11-12-23)22(28)26-18-8-9-19(25-14-18)16(3)10-13-29-7/h8-9,14,16,27H,6,10-13H2,1-5,7H3,(H,26,28)/b21-17-. The van der Waals surface area contributed by atoms with Gasteiger partial charge in [-0.3, -0.25) is 9.78 Å². The number of amides is 1. The summed E-state index contributed by atoms with van der Waals surface area (Å²) in [5.74, 6) is 0.791. The fourth-order valence-electron chi connectivity index (χ4n) is 3.15. The first-order valence-electron chi connectivity index (χ1n) is 10.1. The number of aliphatic imine (C=N–C) groups is 1. The van der Waals surface area contributed by atoms with Gasteiger partial charge in [0.25, 0.3) is 5.91 Å². The molecular weight excluding hydrogens is 364 g/mol. The van der Waals surface area contributed by atoms with Gasteiger partial charge in [0.15, 0.2) is 0 Å². The van der Waals surface area contributed by atoms with Crippen LogP contribution in [0.15, 0.2) is 45.9 Å². The third-order valence-electron chi connectivity index (χ3n) is 5.34. The molecule has 1 aromatic rings. The monoisotopic (exact) mass is 398 g/mol. The van der Waals surface area contributed by atoms with Crippen molar-refractivity contribution in [3.63, 3.8) is 0 Å². The number of methoxy groups -OCH3 is 1. The molecule has 0 aliphatic heterocycles. The topological polar surface area (TPSA) is 75.6 Å². The van der Waals surface area contributed by atoms with E-state index in [1.165, 1.54) is 0 Å². The van der Waals surface area contributed by atoms with E-state index in [4.69, 9.17) is 4.74 Å². The van der Waals surface area contributed by atoms with Crippen molar-refractivity contribution in [2.24, 2.45) is 4.99 Å². The Morgan fingerprint density at radius 2 is 2.03 bits per heavy atom. The number of hydrogen-bond acceptors (Lipinski definition) is 5. The number of carbonyl (C=O) groups is 1. The van der Waals surface area contributed by atoms with Crippen LogP contribution in [-0.4, -0.2) is 36.9 Å². The van der Waals surface area contributed by atoms with Gasteiger partial charge in [-0.05, 0) is 65.8 Å². The Hall–Kier alpha value is -2.47. The summed E-state index contributed by atoms with van der Waals surface area (Å²) >= 11 is 0. The van der Waals surface area contributed by atoms with Gasteiger partial charge in [-0.15, -0.1) is 0 Å². The molecule has 1 aliphatic rings. The zero-order valence-corrected chi connectivity index (χ0v) is 18.6. The van der Waals surface area contributed by atoms with Gasteiger partial charge in [0.2, 0.25) is 0 Å². The highest BCUT2D eigenvalue weighted by atomic mass is 16.5. The van der Waals surface area contributed by atoms with Crippen LogP contribution in [0.4, 0.5) is 5.69 Å². The molecule has 2 N–H and O–H groups in total. The molecule has 0 spiro atoms. The lowest BCUT2D eigenvalue weighted by Gasteiger charge is -2.18. The first kappa shape index (κ1) is 22.8. The number of ether oxygens (including phenoxy) is 1. The summed E-state index contributed by atoms with van der Waals surface area (Å²) in [6.07, 6.45) is 4.80. The van der Waals surface area contributed by atoms with Crippen LogP contribution < -0.4 is 10.6 Å². The summed E-state index contributed by atoms with van der Waals surface area (Å²) in [6, 6.07) is 3.84. The Balaban J connectivity index is 2.16. The van der Waals surface area contributed by atoms with Crippen LogP contribution in [0.1, 0.15) is 65.5 Å². The van der Waals surface area contributed by atoms with Crippen molar-refractivity contribution in [2.75, 3.05) is 19.0 Å². The summed E-state index contributed by atoms with van der Waals surface area (Å²) in [5, 5.41) is 6.38. The lowest BCUT2D eigenvalue weighted by molar-refractivity contribution is -0.112. The van der Waals surface area contributed by atoms with Gasteiger partial charge in [-0.2, -0.15) is 0 Å². The minimum Gasteiger partial charge on any atom is -0.385 e. The summed E-state index contributed by atoms with van der Waals surface area (Å²) in [5.41, 5.74) is 4.03. The first-order valence-corrected chi connectivity index (χ1v) is 10.1. The molecule has 6 nitrogen and oxygen atoms in total. The lowest BCUT2D eigenvalue weighted by atomic mass is 10.0. The highest BCUT2D eigenvalue weighted by Crippen LogP contribution is 2.36. The van der Waals surface area contributed by atoms with Gasteiger partial charge in [-0.1, -0.05) is 12.5 Å². The number of hydrogen-bond donors (Lipinski definition) is 2. The molecule has 1 atom stereocenters. The Morgan fingerprint density at radius 3 is 2.52 bits per heavy atom. The minimum atomic E-state index is -0.173. The number of aromatic nitrogens is 1. The normalized spacial score (nSPS) is 16.3. The molecule has 6 heteroatoms. The fraction of sp³-hybridized carbons (Fsp3) is 0.522. The van der Waals surface area contributed by atoms with Crippen LogP contribution in [0.3, 0.4) is 0 Å². The average molecular weight is 399 g/mol. The van der Waals surface area contributed by atoms with Crippen LogP contribution in [0, 0.1) is 0 Å². The van der Waals surface area contributed by atoms with Crippen LogP contribution in [0.2, 0.25) is 0 Å². The van der Waals surface area contributed by atoms with E-state index in [0.29, 0.717) is 29.6 Å². The number of nitrogens with one attached hydrogen (secondary N) is 2. The summed E-state index contributed by atoms with van der Waals surface area (Å²) in [4.78, 5) is 21.7. The summed E-state index contributed by atoms with van der Waals surface area (Å²) in [6.45, 7) is 14.4. The zero-order chi connectivity index (χ0) is 21.6. The van der Waals surface area contributed by atoms with Gasteiger partial charge in [-0.25, -0.2) is 4.99 Å². The van der Waals surface area contributed by atoms with Crippen LogP contribution >= 0.6 is 0 Å². The van der Waals surface area contributed by atoms with Crippen molar-refractivity contribution in [1.29, 1.82) is 0 Å². The van der Waals surface area contributed by atoms with E-state index in [9.17, 15) is 4.79 Å². The molecule has 1 aliphatic carbocycles. The molecule has 1 saturated carbocycles. The first-order chi connectivity index (χ1) is 13.7. The Labute approximate surface area is 174 Å². The van der Waals surface area contributed by atoms with Gasteiger partial charge < -0.3 is 15.4 Å². The van der Waals surface area contributed by atoms with Gasteiger partial charge in [0.1, 0.15) is 5.82 Å². The summed E-state index contributed by atoms with van der Waals surface area (Å²) in [7, 11) is 1.70. The number of nitrogens with zero attached hydrogens (tertiary/aromatic N) is 2. The zero-order valence-electron chi connectivity index (χ0n) is 18.6. The van der Waals surface area contributed by atoms with Crippen molar-refractivity contribution in [3.05, 3.63) is 46.6 Å². The number of carbonyl (C=O) groups excluding carboxylic acids is 1. The lowest BCUT2D eigenvalue weighted by Crippen LogP contribution is -2.28. The molecule has 1 unspecified atom stereocenters. The van der Waals surface area contributed by atoms with E-state index in [1.807, 2.05) is 32.9 Å². The maximum absolute atomic E-state index is 13.0. The van der Waals surface area contributed by atoms with Gasteiger partial charge in [0, 0.05) is 42.0 Å². The molecule has 1 heterocycles. The highest BCUT2D eigenvalue weighted by molar-refractivity contribution is 6.07. The predicted octanol–water partition coefficient (Wildman–Crippen LogP) is 4.57. The predicted molar refractivity (Wildman–Crippen MR) is 119 cm³/mol. The van der Waals surface area contributed by atoms with Crippen molar-refractivity contribution in [2.45, 2.75) is 65.3 Å². The quantitative estimate of drug-likeness (QED) is 0.344. The van der Waals surface area contributed by atoms with Gasteiger partial charge in [0.05, 0.1) is 11.9 Å². The van der Waals surface area contributed by atoms with Crippen molar-refractivity contribution < 1.29 is 9.53 Å². The Bertz CT molecular complexity index is 801. The molecule has 0 bridgehead atoms. The Morgan fingerprint density at radius 1 is 1.34 bits per heavy atom. The molecular formula is C23H34N4O2. The second-order valence-corrected chi connectivity index (χ2v) is 8.30. The molecule has 29 heavy (non-hydrogen) atoms. The van der Waals surface area contributed by atoms with Crippen LogP contribution in [0.5, 0.6) is 0 Å². The molecule has 1 amide bonds. The molecule has 0 saturated heterocycles. The largest absolute Gasteiger partial charge is 0.385 e. The van der Waals surface area contributed by atoms with Crippen molar-refractivity contribution >= 4 is 18.3 Å². The van der Waals surface area contributed by atoms with Gasteiger partial charge >= 0.3 is 0 Å². The second kappa shape index (κ2) is 9.83. The minimum absolute atomic E-state index is 0.0558. The average Bonchev–Trinajstić information content (AvgIpc) is 3.41. The van der Waals surface area contributed by atoms with E-state index in [-0.39, 0.29) is 11.4 Å². The molecule has 0 radical (unpaired) electrons.